The van der Waals surface area contributed by atoms with Gasteiger partial charge in [-0.05, 0) is 36.2 Å². The molecule has 5 rings (SSSR count). The van der Waals surface area contributed by atoms with Gasteiger partial charge in [0.2, 0.25) is 0 Å². The van der Waals surface area contributed by atoms with Crippen LogP contribution < -0.4 is 0 Å². The van der Waals surface area contributed by atoms with Gasteiger partial charge in [0.15, 0.2) is 0 Å². The third kappa shape index (κ3) is 2.71. The molecule has 134 valence electrons. The van der Waals surface area contributed by atoms with Gasteiger partial charge in [-0.2, -0.15) is 0 Å². The van der Waals surface area contributed by atoms with Crippen LogP contribution >= 0.6 is 0 Å². The first-order valence-electron chi connectivity index (χ1n) is 9.04. The number of hydrogen-bond donors (Lipinski definition) is 1. The van der Waals surface area contributed by atoms with Gasteiger partial charge in [-0.3, -0.25) is 9.97 Å². The maximum Gasteiger partial charge on any atom is 0.137 e. The Morgan fingerprint density at radius 1 is 1.15 bits per heavy atom. The van der Waals surface area contributed by atoms with Crippen LogP contribution in [0.25, 0.3) is 22.2 Å². The highest BCUT2D eigenvalue weighted by Crippen LogP contribution is 2.37. The fourth-order valence-corrected chi connectivity index (χ4v) is 4.05. The van der Waals surface area contributed by atoms with E-state index in [1.165, 1.54) is 5.39 Å². The zero-order valence-corrected chi connectivity index (χ0v) is 15.0. The summed E-state index contributed by atoms with van der Waals surface area (Å²) < 4.78 is 15.4. The molecule has 4 nitrogen and oxygen atoms in total. The average Bonchev–Trinajstić information content (AvgIpc) is 3.13. The first-order valence-corrected chi connectivity index (χ1v) is 9.04. The van der Waals surface area contributed by atoms with Gasteiger partial charge < -0.3 is 9.88 Å². The second kappa shape index (κ2) is 6.28. The summed E-state index contributed by atoms with van der Waals surface area (Å²) >= 11 is 0. The number of para-hydroxylation sites is 1. The molecule has 4 aromatic rings. The second-order valence-corrected chi connectivity index (χ2v) is 7.15. The normalized spacial score (nSPS) is 17.2. The predicted molar refractivity (Wildman–Crippen MR) is 104 cm³/mol. The van der Waals surface area contributed by atoms with Crippen LogP contribution in [0.5, 0.6) is 0 Å². The highest BCUT2D eigenvalue weighted by Gasteiger charge is 2.29. The highest BCUT2D eigenvalue weighted by molar-refractivity contribution is 5.80. The Morgan fingerprint density at radius 3 is 2.85 bits per heavy atom. The Hall–Kier alpha value is -3.05. The minimum Gasteiger partial charge on any atom is -0.358 e. The standard InChI is InChI=1S/C22H19FN4/c1-27-12-17(20-10-14-4-2-3-5-19(14)26-20)15-6-7-16(22(23)18(15)13-27)21-11-24-8-9-25-21/h2-11,17,26H,12-13H2,1H3. The van der Waals surface area contributed by atoms with Gasteiger partial charge in [0.05, 0.1) is 11.9 Å². The number of likely N-dealkylation sites (N-methyl/N-ethyl adjacent to an activating group) is 1. The number of aromatic amines is 1. The van der Waals surface area contributed by atoms with Gasteiger partial charge in [0, 0.05) is 53.7 Å². The fourth-order valence-electron chi connectivity index (χ4n) is 4.05. The Bertz CT molecular complexity index is 1090. The lowest BCUT2D eigenvalue weighted by molar-refractivity contribution is 0.287. The van der Waals surface area contributed by atoms with Gasteiger partial charge in [0.25, 0.3) is 0 Å². The van der Waals surface area contributed by atoms with Crippen molar-refractivity contribution >= 4 is 10.9 Å². The van der Waals surface area contributed by atoms with E-state index in [2.05, 4.69) is 38.1 Å². The van der Waals surface area contributed by atoms with Crippen LogP contribution in [-0.4, -0.2) is 33.4 Å². The minimum absolute atomic E-state index is 0.108. The van der Waals surface area contributed by atoms with Crippen LogP contribution in [0.2, 0.25) is 0 Å². The van der Waals surface area contributed by atoms with Crippen molar-refractivity contribution in [3.63, 3.8) is 0 Å². The monoisotopic (exact) mass is 358 g/mol. The first-order chi connectivity index (χ1) is 13.2. The molecule has 3 heterocycles. The molecule has 27 heavy (non-hydrogen) atoms. The SMILES string of the molecule is CN1Cc2c(ccc(-c3cnccn3)c2F)C(c2cc3ccccc3[nH]2)C1. The molecule has 0 spiro atoms. The van der Waals surface area contributed by atoms with E-state index in [9.17, 15) is 0 Å². The second-order valence-electron chi connectivity index (χ2n) is 7.15. The largest absolute Gasteiger partial charge is 0.358 e. The third-order valence-electron chi connectivity index (χ3n) is 5.34. The van der Waals surface area contributed by atoms with Gasteiger partial charge in [-0.1, -0.05) is 24.3 Å². The molecule has 0 saturated heterocycles. The van der Waals surface area contributed by atoms with E-state index in [4.69, 9.17) is 0 Å². The van der Waals surface area contributed by atoms with Crippen molar-refractivity contribution in [3.05, 3.63) is 83.7 Å². The molecule has 5 heteroatoms. The Balaban J connectivity index is 1.64. The van der Waals surface area contributed by atoms with E-state index < -0.39 is 0 Å². The molecule has 0 bridgehead atoms. The van der Waals surface area contributed by atoms with Crippen molar-refractivity contribution in [2.24, 2.45) is 0 Å². The van der Waals surface area contributed by atoms with Gasteiger partial charge in [-0.15, -0.1) is 0 Å². The molecule has 1 N–H and O–H groups in total. The van der Waals surface area contributed by atoms with Crippen LogP contribution in [0.15, 0.2) is 61.1 Å². The van der Waals surface area contributed by atoms with Crippen LogP contribution in [-0.2, 0) is 6.54 Å². The van der Waals surface area contributed by atoms with E-state index >= 15 is 4.39 Å². The van der Waals surface area contributed by atoms with E-state index in [-0.39, 0.29) is 11.7 Å². The van der Waals surface area contributed by atoms with Crippen LogP contribution in [0.4, 0.5) is 4.39 Å². The van der Waals surface area contributed by atoms with Gasteiger partial charge in [0.1, 0.15) is 5.82 Å². The molecule has 1 aliphatic heterocycles. The molecule has 1 unspecified atom stereocenters. The maximum absolute atomic E-state index is 15.4. The molecule has 2 aromatic carbocycles. The van der Waals surface area contributed by atoms with E-state index in [1.807, 2.05) is 31.3 Å². The lowest BCUT2D eigenvalue weighted by Gasteiger charge is -2.32. The number of halogens is 1. The van der Waals surface area contributed by atoms with E-state index in [0.717, 1.165) is 28.9 Å². The third-order valence-corrected chi connectivity index (χ3v) is 5.34. The van der Waals surface area contributed by atoms with Crippen molar-refractivity contribution < 1.29 is 4.39 Å². The molecule has 0 saturated carbocycles. The summed E-state index contributed by atoms with van der Waals surface area (Å²) in [5.41, 5.74) is 5.09. The van der Waals surface area contributed by atoms with Crippen molar-refractivity contribution in [1.82, 2.24) is 19.9 Å². The van der Waals surface area contributed by atoms with E-state index in [0.29, 0.717) is 17.8 Å². The maximum atomic E-state index is 15.4. The molecule has 1 aliphatic rings. The van der Waals surface area contributed by atoms with Crippen molar-refractivity contribution in [3.8, 4) is 11.3 Å². The summed E-state index contributed by atoms with van der Waals surface area (Å²) in [7, 11) is 2.03. The molecular formula is C22H19FN4. The molecule has 0 fully saturated rings. The smallest absolute Gasteiger partial charge is 0.137 e. The summed E-state index contributed by atoms with van der Waals surface area (Å²) in [6, 6.07) is 14.3. The lowest BCUT2D eigenvalue weighted by atomic mass is 9.86. The molecule has 0 radical (unpaired) electrons. The topological polar surface area (TPSA) is 44.8 Å². The van der Waals surface area contributed by atoms with Crippen molar-refractivity contribution in [2.75, 3.05) is 13.6 Å². The molecule has 2 aromatic heterocycles. The number of fused-ring (bicyclic) bond motifs is 2. The molecule has 0 amide bonds. The lowest BCUT2D eigenvalue weighted by Crippen LogP contribution is -2.32. The van der Waals surface area contributed by atoms with E-state index in [1.54, 1.807) is 18.6 Å². The molecule has 1 atom stereocenters. The Morgan fingerprint density at radius 2 is 2.04 bits per heavy atom. The Kier molecular flexibility index (Phi) is 3.76. The van der Waals surface area contributed by atoms with Crippen molar-refractivity contribution in [1.29, 1.82) is 0 Å². The van der Waals surface area contributed by atoms with Gasteiger partial charge >= 0.3 is 0 Å². The average molecular weight is 358 g/mol. The zero-order chi connectivity index (χ0) is 18.4. The summed E-state index contributed by atoms with van der Waals surface area (Å²) in [6.45, 7) is 1.44. The number of benzene rings is 2. The number of hydrogen-bond acceptors (Lipinski definition) is 3. The quantitative estimate of drug-likeness (QED) is 0.580. The number of aromatic nitrogens is 3. The first kappa shape index (κ1) is 16.1. The van der Waals surface area contributed by atoms with Crippen LogP contribution in [0.3, 0.4) is 0 Å². The minimum atomic E-state index is -0.194. The van der Waals surface area contributed by atoms with Crippen LogP contribution in [0, 0.1) is 5.82 Å². The number of nitrogens with one attached hydrogen (secondary N) is 1. The number of nitrogens with zero attached hydrogens (tertiary/aromatic N) is 3. The Labute approximate surface area is 156 Å². The fraction of sp³-hybridized carbons (Fsp3) is 0.182. The summed E-state index contributed by atoms with van der Waals surface area (Å²) in [4.78, 5) is 14.0. The summed E-state index contributed by atoms with van der Waals surface area (Å²) in [5, 5.41) is 1.18. The van der Waals surface area contributed by atoms with Gasteiger partial charge in [-0.25, -0.2) is 4.39 Å². The van der Waals surface area contributed by atoms with Crippen LogP contribution in [0.1, 0.15) is 22.7 Å². The predicted octanol–water partition coefficient (Wildman–Crippen LogP) is 4.34. The summed E-state index contributed by atoms with van der Waals surface area (Å²) in [6.07, 6.45) is 4.79. The highest BCUT2D eigenvalue weighted by atomic mass is 19.1. The molecular weight excluding hydrogens is 339 g/mol. The van der Waals surface area contributed by atoms with Crippen molar-refractivity contribution in [2.45, 2.75) is 12.5 Å². The number of H-pyrrole nitrogens is 1. The zero-order valence-electron chi connectivity index (χ0n) is 15.0. The molecule has 0 aliphatic carbocycles. The summed E-state index contributed by atoms with van der Waals surface area (Å²) in [5.74, 6) is -0.0859. The number of rotatable bonds is 2.